The van der Waals surface area contributed by atoms with E-state index in [0.29, 0.717) is 5.69 Å². The number of carbonyl (C=O) groups is 3. The van der Waals surface area contributed by atoms with Gasteiger partial charge in [-0.1, -0.05) is 42.5 Å². The normalized spacial score (nSPS) is 11.2. The van der Waals surface area contributed by atoms with Gasteiger partial charge in [-0.3, -0.25) is 4.90 Å². The van der Waals surface area contributed by atoms with Crippen LogP contribution in [-0.4, -0.2) is 45.3 Å². The topological polar surface area (TPSA) is 84.9 Å². The van der Waals surface area contributed by atoms with Gasteiger partial charge in [-0.2, -0.15) is 0 Å². The molecule has 1 atom stereocenters. The molecule has 27 heavy (non-hydrogen) atoms. The van der Waals surface area contributed by atoms with Crippen LogP contribution >= 0.6 is 0 Å². The number of ether oxygens (including phenoxy) is 2. The molecule has 2 rings (SSSR count). The highest BCUT2D eigenvalue weighted by Crippen LogP contribution is 2.20. The molecule has 7 heteroatoms. The molecule has 0 saturated carbocycles. The highest BCUT2D eigenvalue weighted by Gasteiger charge is 2.25. The van der Waals surface area contributed by atoms with Gasteiger partial charge in [0, 0.05) is 13.5 Å². The van der Waals surface area contributed by atoms with Crippen molar-refractivity contribution in [3.8, 4) is 0 Å². The Morgan fingerprint density at radius 1 is 0.963 bits per heavy atom. The highest BCUT2D eigenvalue weighted by molar-refractivity contribution is 6.02. The molecule has 2 amide bonds. The summed E-state index contributed by atoms with van der Waals surface area (Å²) in [4.78, 5) is 38.0. The van der Waals surface area contributed by atoms with E-state index in [0.717, 1.165) is 5.56 Å². The highest BCUT2D eigenvalue weighted by atomic mass is 16.5. The molecular formula is C20H22N2O5. The maximum atomic E-state index is 12.7. The Balaban J connectivity index is 2.19. The number of rotatable bonds is 6. The molecule has 0 heterocycles. The molecule has 1 unspecified atom stereocenters. The first-order valence-electron chi connectivity index (χ1n) is 8.31. The zero-order chi connectivity index (χ0) is 19.8. The van der Waals surface area contributed by atoms with Crippen LogP contribution in [0.1, 0.15) is 15.9 Å². The van der Waals surface area contributed by atoms with Gasteiger partial charge < -0.3 is 14.8 Å². The quantitative estimate of drug-likeness (QED) is 0.790. The van der Waals surface area contributed by atoms with Gasteiger partial charge in [0.25, 0.3) is 0 Å². The Kier molecular flexibility index (Phi) is 6.93. The summed E-state index contributed by atoms with van der Waals surface area (Å²) in [6.45, 7) is 0. The smallest absolute Gasteiger partial charge is 0.339 e. The summed E-state index contributed by atoms with van der Waals surface area (Å²) < 4.78 is 9.56. The second-order valence-corrected chi connectivity index (χ2v) is 5.78. The molecule has 0 radical (unpaired) electrons. The number of esters is 2. The van der Waals surface area contributed by atoms with Crippen LogP contribution in [-0.2, 0) is 20.7 Å². The minimum atomic E-state index is -0.863. The Hall–Kier alpha value is -3.35. The second-order valence-electron chi connectivity index (χ2n) is 5.78. The third kappa shape index (κ3) is 5.07. The van der Waals surface area contributed by atoms with Crippen molar-refractivity contribution in [3.63, 3.8) is 0 Å². The second kappa shape index (κ2) is 9.38. The number of hydrogen-bond donors (Lipinski definition) is 1. The maximum absolute atomic E-state index is 12.7. The average Bonchev–Trinajstić information content (AvgIpc) is 2.72. The van der Waals surface area contributed by atoms with E-state index in [4.69, 9.17) is 9.47 Å². The van der Waals surface area contributed by atoms with Gasteiger partial charge in [0.1, 0.15) is 6.04 Å². The van der Waals surface area contributed by atoms with E-state index in [9.17, 15) is 14.4 Å². The lowest BCUT2D eigenvalue weighted by atomic mass is 10.1. The van der Waals surface area contributed by atoms with Gasteiger partial charge in [0.05, 0.1) is 25.5 Å². The summed E-state index contributed by atoms with van der Waals surface area (Å²) in [5, 5.41) is 2.66. The van der Waals surface area contributed by atoms with Crippen molar-refractivity contribution in [2.24, 2.45) is 0 Å². The zero-order valence-corrected chi connectivity index (χ0v) is 15.5. The summed E-state index contributed by atoms with van der Waals surface area (Å²) in [5.41, 5.74) is 1.49. The first-order chi connectivity index (χ1) is 13.0. The summed E-state index contributed by atoms with van der Waals surface area (Å²) in [6.07, 6.45) is 0.283. The Morgan fingerprint density at radius 2 is 1.59 bits per heavy atom. The zero-order valence-electron chi connectivity index (χ0n) is 15.5. The van der Waals surface area contributed by atoms with E-state index in [1.54, 1.807) is 24.3 Å². The van der Waals surface area contributed by atoms with E-state index in [1.165, 1.54) is 26.2 Å². The molecule has 0 aliphatic carbocycles. The van der Waals surface area contributed by atoms with Crippen LogP contribution < -0.4 is 10.2 Å². The summed E-state index contributed by atoms with van der Waals surface area (Å²) in [5.74, 6) is -1.11. The third-order valence-corrected chi connectivity index (χ3v) is 4.04. The number of amides is 2. The predicted molar refractivity (Wildman–Crippen MR) is 101 cm³/mol. The standard InChI is InChI=1S/C20H22N2O5/c1-22(17-12-8-7-11-15(17)18(23)26-2)20(25)21-16(19(24)27-3)13-14-9-5-4-6-10-14/h4-12,16H,13H2,1-3H3,(H,21,25). The molecule has 7 nitrogen and oxygen atoms in total. The van der Waals surface area contributed by atoms with E-state index in [-0.39, 0.29) is 12.0 Å². The van der Waals surface area contributed by atoms with Crippen LogP contribution in [0, 0.1) is 0 Å². The van der Waals surface area contributed by atoms with Crippen molar-refractivity contribution in [3.05, 3.63) is 65.7 Å². The third-order valence-electron chi connectivity index (χ3n) is 4.04. The number of hydrogen-bond acceptors (Lipinski definition) is 5. The maximum Gasteiger partial charge on any atom is 0.339 e. The number of carbonyl (C=O) groups excluding carboxylic acids is 3. The molecule has 1 N–H and O–H groups in total. The van der Waals surface area contributed by atoms with Gasteiger partial charge in [0.2, 0.25) is 0 Å². The van der Waals surface area contributed by atoms with Crippen molar-refractivity contribution in [1.29, 1.82) is 0 Å². The number of anilines is 1. The Labute approximate surface area is 157 Å². The number of benzene rings is 2. The minimum absolute atomic E-state index is 0.246. The van der Waals surface area contributed by atoms with E-state index < -0.39 is 24.0 Å². The van der Waals surface area contributed by atoms with Crippen molar-refractivity contribution in [1.82, 2.24) is 5.32 Å². The molecule has 0 fully saturated rings. The van der Waals surface area contributed by atoms with Gasteiger partial charge in [-0.05, 0) is 17.7 Å². The number of nitrogens with zero attached hydrogens (tertiary/aromatic N) is 1. The lowest BCUT2D eigenvalue weighted by molar-refractivity contribution is -0.142. The molecule has 0 bridgehead atoms. The fraction of sp³-hybridized carbons (Fsp3) is 0.250. The van der Waals surface area contributed by atoms with Crippen LogP contribution in [0.5, 0.6) is 0 Å². The lowest BCUT2D eigenvalue weighted by Gasteiger charge is -2.23. The monoisotopic (exact) mass is 370 g/mol. The van der Waals surface area contributed by atoms with Gasteiger partial charge in [-0.25, -0.2) is 14.4 Å². The van der Waals surface area contributed by atoms with Crippen LogP contribution in [0.15, 0.2) is 54.6 Å². The van der Waals surface area contributed by atoms with Crippen LogP contribution in [0.25, 0.3) is 0 Å². The number of urea groups is 1. The molecule has 142 valence electrons. The number of nitrogens with one attached hydrogen (secondary N) is 1. The SMILES string of the molecule is COC(=O)c1ccccc1N(C)C(=O)NC(Cc1ccccc1)C(=O)OC. The Bertz CT molecular complexity index is 807. The molecule has 2 aromatic rings. The average molecular weight is 370 g/mol. The summed E-state index contributed by atoms with van der Waals surface area (Å²) in [6, 6.07) is 14.4. The van der Waals surface area contributed by atoms with Gasteiger partial charge in [-0.15, -0.1) is 0 Å². The van der Waals surface area contributed by atoms with E-state index in [1.807, 2.05) is 30.3 Å². The fourth-order valence-electron chi connectivity index (χ4n) is 2.59. The van der Waals surface area contributed by atoms with Crippen molar-refractivity contribution < 1.29 is 23.9 Å². The van der Waals surface area contributed by atoms with Crippen LogP contribution in [0.2, 0.25) is 0 Å². The van der Waals surface area contributed by atoms with Crippen LogP contribution in [0.3, 0.4) is 0 Å². The van der Waals surface area contributed by atoms with E-state index in [2.05, 4.69) is 5.32 Å². The molecule has 0 aliphatic heterocycles. The molecular weight excluding hydrogens is 348 g/mol. The van der Waals surface area contributed by atoms with Gasteiger partial charge >= 0.3 is 18.0 Å². The van der Waals surface area contributed by atoms with Crippen LogP contribution in [0.4, 0.5) is 10.5 Å². The Morgan fingerprint density at radius 3 is 2.22 bits per heavy atom. The molecule has 0 aliphatic rings. The fourth-order valence-corrected chi connectivity index (χ4v) is 2.59. The lowest BCUT2D eigenvalue weighted by Crippen LogP contribution is -2.48. The minimum Gasteiger partial charge on any atom is -0.467 e. The summed E-state index contributed by atoms with van der Waals surface area (Å²) >= 11 is 0. The number of methoxy groups -OCH3 is 2. The molecule has 2 aromatic carbocycles. The van der Waals surface area contributed by atoms with Crippen molar-refractivity contribution >= 4 is 23.7 Å². The first-order valence-corrected chi connectivity index (χ1v) is 8.31. The largest absolute Gasteiger partial charge is 0.467 e. The van der Waals surface area contributed by atoms with Crippen molar-refractivity contribution in [2.75, 3.05) is 26.2 Å². The van der Waals surface area contributed by atoms with Crippen molar-refractivity contribution in [2.45, 2.75) is 12.5 Å². The van der Waals surface area contributed by atoms with E-state index >= 15 is 0 Å². The molecule has 0 spiro atoms. The van der Waals surface area contributed by atoms with Gasteiger partial charge in [0.15, 0.2) is 0 Å². The molecule has 0 saturated heterocycles. The molecule has 0 aromatic heterocycles. The summed E-state index contributed by atoms with van der Waals surface area (Å²) in [7, 11) is 4.04. The first kappa shape index (κ1) is 20.0. The number of para-hydroxylation sites is 1. The predicted octanol–water partition coefficient (Wildman–Crippen LogP) is 2.40.